The number of pyridine rings is 1. The minimum Gasteiger partial charge on any atom is -0.477 e. The number of nitrogens with zero attached hydrogens (tertiary/aromatic N) is 4. The normalized spacial score (nSPS) is 17.8. The van der Waals surface area contributed by atoms with Gasteiger partial charge in [-0.05, 0) is 13.3 Å². The van der Waals surface area contributed by atoms with Crippen molar-refractivity contribution in [1.29, 1.82) is 0 Å². The first-order valence-corrected chi connectivity index (χ1v) is 9.78. The Labute approximate surface area is 149 Å². The van der Waals surface area contributed by atoms with Crippen molar-refractivity contribution >= 4 is 33.1 Å². The molecular weight excluding hydrogens is 364 g/mol. The Morgan fingerprint density at radius 3 is 2.81 bits per heavy atom. The van der Waals surface area contributed by atoms with E-state index in [-0.39, 0.29) is 10.9 Å². The van der Waals surface area contributed by atoms with Gasteiger partial charge < -0.3 is 14.6 Å². The van der Waals surface area contributed by atoms with Crippen LogP contribution in [0.4, 0.5) is 5.95 Å². The molecule has 1 atom stereocenters. The molecule has 0 spiro atoms. The molecule has 1 aliphatic rings. The number of hydrogen-bond acceptors (Lipinski definition) is 8. The predicted octanol–water partition coefficient (Wildman–Crippen LogP) is 0.0645. The van der Waals surface area contributed by atoms with E-state index in [0.717, 1.165) is 6.26 Å². The molecule has 1 aliphatic heterocycles. The highest BCUT2D eigenvalue weighted by Gasteiger charge is 2.28. The summed E-state index contributed by atoms with van der Waals surface area (Å²) in [5, 5.41) is 9.29. The molecule has 1 N–H and O–H groups in total. The van der Waals surface area contributed by atoms with Crippen molar-refractivity contribution < 1.29 is 22.5 Å². The largest absolute Gasteiger partial charge is 0.477 e. The third-order valence-electron chi connectivity index (χ3n) is 4.11. The van der Waals surface area contributed by atoms with Gasteiger partial charge in [-0.3, -0.25) is 8.98 Å². The second kappa shape index (κ2) is 6.65. The SMILES string of the molecule is CCn1cc(C(=O)O)c(=O)c2cnc(N3CCC(OS(C)(=O)=O)C3)nc21. The summed E-state index contributed by atoms with van der Waals surface area (Å²) in [4.78, 5) is 33.9. The fraction of sp³-hybridized carbons (Fsp3) is 0.467. The van der Waals surface area contributed by atoms with E-state index in [9.17, 15) is 18.0 Å². The van der Waals surface area contributed by atoms with Crippen LogP contribution >= 0.6 is 0 Å². The Kier molecular flexibility index (Phi) is 4.67. The zero-order chi connectivity index (χ0) is 19.1. The molecule has 140 valence electrons. The van der Waals surface area contributed by atoms with Crippen LogP contribution in [0.15, 0.2) is 17.2 Å². The Morgan fingerprint density at radius 2 is 2.19 bits per heavy atom. The summed E-state index contributed by atoms with van der Waals surface area (Å²) in [5.41, 5.74) is -0.637. The number of fused-ring (bicyclic) bond motifs is 1. The van der Waals surface area contributed by atoms with E-state index < -0.39 is 27.6 Å². The molecule has 3 heterocycles. The predicted molar refractivity (Wildman–Crippen MR) is 93.0 cm³/mol. The van der Waals surface area contributed by atoms with Crippen molar-refractivity contribution in [2.24, 2.45) is 0 Å². The van der Waals surface area contributed by atoms with Crippen molar-refractivity contribution in [3.63, 3.8) is 0 Å². The molecular formula is C15H18N4O6S. The molecule has 0 radical (unpaired) electrons. The van der Waals surface area contributed by atoms with Crippen LogP contribution < -0.4 is 10.3 Å². The van der Waals surface area contributed by atoms with Gasteiger partial charge in [-0.1, -0.05) is 0 Å². The molecule has 26 heavy (non-hydrogen) atoms. The van der Waals surface area contributed by atoms with E-state index >= 15 is 0 Å². The number of carboxylic acids is 1. The molecule has 0 aliphatic carbocycles. The Hall–Kier alpha value is -2.53. The third-order valence-corrected chi connectivity index (χ3v) is 4.73. The highest BCUT2D eigenvalue weighted by atomic mass is 32.2. The smallest absolute Gasteiger partial charge is 0.341 e. The molecule has 1 fully saturated rings. The standard InChI is InChI=1S/C15H18N4O6S/c1-3-18-8-11(14(21)22)12(20)10-6-16-15(17-13(10)18)19-5-4-9(7-19)25-26(2,23)24/h6,8-9H,3-5,7H2,1-2H3,(H,21,22). The third kappa shape index (κ3) is 3.53. The second-order valence-electron chi connectivity index (χ2n) is 6.03. The highest BCUT2D eigenvalue weighted by molar-refractivity contribution is 7.86. The summed E-state index contributed by atoms with van der Waals surface area (Å²) in [6.45, 7) is 3.05. The van der Waals surface area contributed by atoms with Gasteiger partial charge in [0.2, 0.25) is 11.4 Å². The van der Waals surface area contributed by atoms with E-state index in [1.165, 1.54) is 12.4 Å². The Bertz CT molecular complexity index is 1030. The van der Waals surface area contributed by atoms with Crippen molar-refractivity contribution in [2.75, 3.05) is 24.2 Å². The van der Waals surface area contributed by atoms with Crippen LogP contribution in [0.5, 0.6) is 0 Å². The van der Waals surface area contributed by atoms with Crippen LogP contribution in [0, 0.1) is 0 Å². The molecule has 0 bridgehead atoms. The average molecular weight is 382 g/mol. The van der Waals surface area contributed by atoms with Crippen LogP contribution in [-0.4, -0.2) is 59.5 Å². The van der Waals surface area contributed by atoms with E-state index in [0.29, 0.717) is 37.7 Å². The van der Waals surface area contributed by atoms with E-state index in [1.807, 2.05) is 6.92 Å². The number of aromatic carboxylic acids is 1. The van der Waals surface area contributed by atoms with Gasteiger partial charge in [0, 0.05) is 32.0 Å². The Morgan fingerprint density at radius 1 is 1.46 bits per heavy atom. The monoisotopic (exact) mass is 382 g/mol. The van der Waals surface area contributed by atoms with Crippen molar-refractivity contribution in [3.05, 3.63) is 28.2 Å². The number of carbonyl (C=O) groups is 1. The number of anilines is 1. The van der Waals surface area contributed by atoms with E-state index in [1.54, 1.807) is 9.47 Å². The van der Waals surface area contributed by atoms with Gasteiger partial charge in [0.25, 0.3) is 10.1 Å². The van der Waals surface area contributed by atoms with Crippen molar-refractivity contribution in [1.82, 2.24) is 14.5 Å². The quantitative estimate of drug-likeness (QED) is 0.713. The van der Waals surface area contributed by atoms with Gasteiger partial charge in [-0.2, -0.15) is 13.4 Å². The maximum atomic E-state index is 12.3. The molecule has 0 aromatic carbocycles. The molecule has 1 unspecified atom stereocenters. The minimum absolute atomic E-state index is 0.124. The maximum absolute atomic E-state index is 12.3. The topological polar surface area (TPSA) is 132 Å². The molecule has 2 aromatic heterocycles. The van der Waals surface area contributed by atoms with Gasteiger partial charge >= 0.3 is 5.97 Å². The van der Waals surface area contributed by atoms with Gasteiger partial charge in [0.15, 0.2) is 0 Å². The number of rotatable bonds is 5. The summed E-state index contributed by atoms with van der Waals surface area (Å²) in [5.74, 6) is -0.967. The molecule has 0 saturated carbocycles. The minimum atomic E-state index is -3.55. The highest BCUT2D eigenvalue weighted by Crippen LogP contribution is 2.21. The van der Waals surface area contributed by atoms with Crippen LogP contribution in [0.2, 0.25) is 0 Å². The van der Waals surface area contributed by atoms with Crippen LogP contribution in [-0.2, 0) is 20.8 Å². The lowest BCUT2D eigenvalue weighted by Crippen LogP contribution is -2.27. The summed E-state index contributed by atoms with van der Waals surface area (Å²) in [6.07, 6.45) is 3.61. The molecule has 10 nitrogen and oxygen atoms in total. The summed E-state index contributed by atoms with van der Waals surface area (Å²) >= 11 is 0. The molecule has 11 heteroatoms. The number of aromatic nitrogens is 3. The lowest BCUT2D eigenvalue weighted by molar-refractivity contribution is 0.0694. The lowest BCUT2D eigenvalue weighted by Gasteiger charge is -2.17. The average Bonchev–Trinajstić information content (AvgIpc) is 3.01. The van der Waals surface area contributed by atoms with Crippen molar-refractivity contribution in [2.45, 2.75) is 26.0 Å². The number of aryl methyl sites for hydroxylation is 1. The van der Waals surface area contributed by atoms with Gasteiger partial charge in [-0.25, -0.2) is 9.78 Å². The zero-order valence-electron chi connectivity index (χ0n) is 14.2. The molecule has 2 aromatic rings. The van der Waals surface area contributed by atoms with Gasteiger partial charge in [-0.15, -0.1) is 0 Å². The number of carboxylic acid groups (broad SMARTS) is 1. The van der Waals surface area contributed by atoms with Gasteiger partial charge in [0.1, 0.15) is 11.2 Å². The zero-order valence-corrected chi connectivity index (χ0v) is 15.1. The van der Waals surface area contributed by atoms with Gasteiger partial charge in [0.05, 0.1) is 17.7 Å². The fourth-order valence-corrected chi connectivity index (χ4v) is 3.60. The van der Waals surface area contributed by atoms with E-state index in [2.05, 4.69) is 9.97 Å². The van der Waals surface area contributed by atoms with Crippen LogP contribution in [0.1, 0.15) is 23.7 Å². The first-order valence-electron chi connectivity index (χ1n) is 7.96. The molecule has 3 rings (SSSR count). The summed E-state index contributed by atoms with van der Waals surface area (Å²) < 4.78 is 29.1. The summed E-state index contributed by atoms with van der Waals surface area (Å²) in [7, 11) is -3.55. The van der Waals surface area contributed by atoms with Crippen LogP contribution in [0.25, 0.3) is 11.0 Å². The lowest BCUT2D eigenvalue weighted by atomic mass is 10.2. The molecule has 1 saturated heterocycles. The Balaban J connectivity index is 1.99. The number of hydrogen-bond donors (Lipinski definition) is 1. The fourth-order valence-electron chi connectivity index (χ4n) is 2.94. The second-order valence-corrected chi connectivity index (χ2v) is 7.63. The molecule has 0 amide bonds. The van der Waals surface area contributed by atoms with Crippen LogP contribution in [0.3, 0.4) is 0 Å². The first kappa shape index (κ1) is 18.3. The van der Waals surface area contributed by atoms with Crippen molar-refractivity contribution in [3.8, 4) is 0 Å². The summed E-state index contributed by atoms with van der Waals surface area (Å²) in [6, 6.07) is 0. The maximum Gasteiger partial charge on any atom is 0.341 e. The first-order chi connectivity index (χ1) is 12.2. The van der Waals surface area contributed by atoms with E-state index in [4.69, 9.17) is 9.29 Å².